The lowest BCUT2D eigenvalue weighted by atomic mass is 9.86. The fraction of sp³-hybridized carbons (Fsp3) is 0.480. The molecule has 696 valence electrons. The number of nitriles is 4. The summed E-state index contributed by atoms with van der Waals surface area (Å²) in [7, 11) is 0. The van der Waals surface area contributed by atoms with Gasteiger partial charge in [0.05, 0.1) is 60.5 Å². The van der Waals surface area contributed by atoms with Crippen LogP contribution in [-0.4, -0.2) is 107 Å². The van der Waals surface area contributed by atoms with Gasteiger partial charge in [-0.25, -0.2) is 9.18 Å². The van der Waals surface area contributed by atoms with E-state index < -0.39 is 43.8 Å². The van der Waals surface area contributed by atoms with Crippen LogP contribution >= 0.6 is 58.2 Å². The Labute approximate surface area is 789 Å². The number of rotatable bonds is 29. The summed E-state index contributed by atoms with van der Waals surface area (Å²) in [4.78, 5) is 48.2. The van der Waals surface area contributed by atoms with E-state index in [1.807, 2.05) is 138 Å². The average molecular weight is 1880 g/mol. The third kappa shape index (κ3) is 28.1. The number of ether oxygens (including phenoxy) is 8. The van der Waals surface area contributed by atoms with Crippen molar-refractivity contribution in [2.75, 3.05) is 18.7 Å². The summed E-state index contributed by atoms with van der Waals surface area (Å²) >= 11 is 27.7. The number of carbonyl (C=O) groups is 4. The Morgan fingerprint density at radius 3 is 0.808 bits per heavy atom. The fourth-order valence-corrected chi connectivity index (χ4v) is 15.2. The maximum Gasteiger partial charge on any atom is 0.340 e. The summed E-state index contributed by atoms with van der Waals surface area (Å²) in [5, 5.41) is 59.8. The number of hydrogen-bond donors (Lipinski definition) is 0. The molecule has 0 N–H and O–H groups in total. The Morgan fingerprint density at radius 2 is 0.608 bits per heavy atom. The highest BCUT2D eigenvalue weighted by molar-refractivity contribution is 7.99. The van der Waals surface area contributed by atoms with E-state index in [1.165, 1.54) is 18.7 Å². The number of aromatic nitrogens is 8. The zero-order valence-electron chi connectivity index (χ0n) is 79.5. The lowest BCUT2D eigenvalue weighted by Gasteiger charge is -2.24. The molecule has 4 heterocycles. The molecule has 30 heteroatoms. The minimum absolute atomic E-state index is 0.0127. The monoisotopic (exact) mass is 1870 g/mol. The Hall–Kier alpha value is -10.8. The number of benzene rings is 4. The molecular weight excluding hydrogens is 1750 g/mol. The molecule has 0 bridgehead atoms. The van der Waals surface area contributed by atoms with Crippen molar-refractivity contribution in [3.05, 3.63) is 207 Å². The van der Waals surface area contributed by atoms with E-state index in [0.717, 1.165) is 67.2 Å². The number of esters is 4. The van der Waals surface area contributed by atoms with Crippen molar-refractivity contribution in [2.45, 2.75) is 284 Å². The molecule has 0 spiro atoms. The van der Waals surface area contributed by atoms with Crippen molar-refractivity contribution in [3.8, 4) is 24.3 Å². The standard InChI is InChI=1S/C28H36ClN3O3.C25H30ClN3O3.C24H30ClN3O3S.C23H27ClFN3O3/c1-7-32-25(24(29)18(2)31-32)26(34-19(3)35-27(33)21-11-9-8-10-12-21)23(17-30)20-13-15-22(16-14-20)28(4,5)6;1-7-29-22(21(26)15(2)28-29)23(31-16(3)32-24(30)18-8-9-18)20(14-27)17-10-12-19(13-11-17)25(4,5)6;1-8-28-22(21(25)15(2)27-28)23(31-16(3)30-20(29)14-32-7)19(13-26)17-9-11-18(12-10-17)24(4,5)6;1-7-28-21(20(24)14(2)27-28)22(31-15(3)30-19(29)12-25)18(13-26)16-8-10-17(11-9-16)23(4,5)6/h13-16,19,21H,7-12H2,1-6H3;10-13,16,18H,7-9H2,1-6H3;9-12,16H,8,14H2,1-7H3;8-11,15H,7,12H2,1-6H3/b26-23-;23-20-;23-19-;22-18-. The zero-order chi connectivity index (χ0) is 96.8. The molecule has 4 unspecified atom stereocenters. The first-order valence-corrected chi connectivity index (χ1v) is 46.5. The average Bonchev–Trinajstić information content (AvgIpc) is 1.65. The number of halogens is 5. The number of aryl methyl sites for hydroxylation is 8. The van der Waals surface area contributed by atoms with E-state index in [0.29, 0.717) is 125 Å². The van der Waals surface area contributed by atoms with Crippen LogP contribution in [0.3, 0.4) is 0 Å². The molecule has 0 radical (unpaired) electrons. The van der Waals surface area contributed by atoms with Crippen LogP contribution in [0.15, 0.2) is 97.1 Å². The predicted molar refractivity (Wildman–Crippen MR) is 511 cm³/mol. The second kappa shape index (κ2) is 47.3. The summed E-state index contributed by atoms with van der Waals surface area (Å²) in [6.45, 7) is 47.5. The lowest BCUT2D eigenvalue weighted by molar-refractivity contribution is -0.170. The van der Waals surface area contributed by atoms with Crippen molar-refractivity contribution in [1.82, 2.24) is 39.1 Å². The van der Waals surface area contributed by atoms with Gasteiger partial charge < -0.3 is 37.9 Å². The second-order valence-electron chi connectivity index (χ2n) is 35.6. The van der Waals surface area contributed by atoms with E-state index in [1.54, 1.807) is 60.3 Å². The van der Waals surface area contributed by atoms with Crippen LogP contribution in [0.5, 0.6) is 0 Å². The van der Waals surface area contributed by atoms with Crippen LogP contribution in [0.1, 0.15) is 273 Å². The van der Waals surface area contributed by atoms with E-state index in [4.69, 9.17) is 84.3 Å². The van der Waals surface area contributed by atoms with Gasteiger partial charge in [-0.05, 0) is 153 Å². The molecule has 2 fully saturated rings. The van der Waals surface area contributed by atoms with Gasteiger partial charge >= 0.3 is 23.9 Å². The second-order valence-corrected chi connectivity index (χ2v) is 38.0. The van der Waals surface area contributed by atoms with Gasteiger partial charge in [-0.2, -0.15) is 53.2 Å². The topological polar surface area (TPSA) is 309 Å². The van der Waals surface area contributed by atoms with Gasteiger partial charge in [0.15, 0.2) is 29.7 Å². The molecule has 4 aromatic carbocycles. The molecule has 0 saturated heterocycles. The minimum Gasteiger partial charge on any atom is -0.451 e. The highest BCUT2D eigenvalue weighted by Gasteiger charge is 2.36. The number of nitrogens with zero attached hydrogens (tertiary/aromatic N) is 12. The van der Waals surface area contributed by atoms with Gasteiger partial charge in [-0.15, -0.1) is 0 Å². The first-order chi connectivity index (χ1) is 61.2. The largest absolute Gasteiger partial charge is 0.451 e. The summed E-state index contributed by atoms with van der Waals surface area (Å²) in [6, 6.07) is 40.0. The Balaban J connectivity index is 0.000000237. The van der Waals surface area contributed by atoms with Crippen molar-refractivity contribution in [1.29, 1.82) is 21.0 Å². The molecule has 4 atom stereocenters. The number of allylic oxidation sites excluding steroid dienone is 4. The Bertz CT molecular complexity index is 5600. The number of thioether (sulfide) groups is 1. The summed E-state index contributed by atoms with van der Waals surface area (Å²) in [5.41, 5.74) is 12.5. The third-order valence-corrected chi connectivity index (χ3v) is 23.6. The van der Waals surface area contributed by atoms with Crippen molar-refractivity contribution in [2.24, 2.45) is 11.8 Å². The SMILES string of the molecule is CCn1nc(C)c(Cl)c1/C(OC(C)OC(=O)C1CC1)=C(\C#N)c1ccc(C(C)(C)C)cc1.CCn1nc(C)c(Cl)c1/C(OC(C)OC(=O)C1CCCCC1)=C(\C#N)c1ccc(C(C)(C)C)cc1.CCn1nc(C)c(Cl)c1/C(OC(C)OC(=O)CF)=C(\C#N)c1ccc(C(C)(C)C)cc1.CCn1nc(C)c(Cl)c1/C(OC(C)OC(=O)CSC)=C(\C#N)c1ccc(C(C)(C)C)cc1. The molecule has 0 aliphatic heterocycles. The molecular formula is C100H123Cl4FN12O12S. The molecule has 130 heavy (non-hydrogen) atoms. The highest BCUT2D eigenvalue weighted by Crippen LogP contribution is 2.43. The third-order valence-electron chi connectivity index (χ3n) is 21.3. The first-order valence-electron chi connectivity index (χ1n) is 43.6. The highest BCUT2D eigenvalue weighted by atomic mass is 35.5. The van der Waals surface area contributed by atoms with Gasteiger partial charge in [0.25, 0.3) is 0 Å². The van der Waals surface area contributed by atoms with Gasteiger partial charge in [0, 0.05) is 53.9 Å². The number of carbonyl (C=O) groups excluding carboxylic acids is 4. The van der Waals surface area contributed by atoms with Gasteiger partial charge in [-0.3, -0.25) is 33.1 Å². The first kappa shape index (κ1) is 106. The molecule has 0 amide bonds. The van der Waals surface area contributed by atoms with E-state index in [2.05, 4.69) is 128 Å². The quantitative estimate of drug-likeness (QED) is 0.0138. The summed E-state index contributed by atoms with van der Waals surface area (Å²) in [5.74, 6) is -1.10. The van der Waals surface area contributed by atoms with Crippen molar-refractivity contribution >= 4 is 127 Å². The van der Waals surface area contributed by atoms with E-state index >= 15 is 0 Å². The maximum absolute atomic E-state index is 12.7. The Kier molecular flexibility index (Phi) is 38.6. The van der Waals surface area contributed by atoms with Gasteiger partial charge in [-0.1, -0.05) is 246 Å². The van der Waals surface area contributed by atoms with E-state index in [9.17, 15) is 44.6 Å². The van der Waals surface area contributed by atoms with Crippen molar-refractivity contribution < 1.29 is 61.5 Å². The summed E-state index contributed by atoms with van der Waals surface area (Å²) < 4.78 is 64.9. The van der Waals surface area contributed by atoms with Crippen LogP contribution in [0, 0.1) is 84.9 Å². The van der Waals surface area contributed by atoms with Crippen LogP contribution in [-0.2, 0) is 105 Å². The maximum atomic E-state index is 12.7. The van der Waals surface area contributed by atoms with Crippen molar-refractivity contribution in [3.63, 3.8) is 0 Å². The van der Waals surface area contributed by atoms with Crippen LogP contribution in [0.4, 0.5) is 4.39 Å². The van der Waals surface area contributed by atoms with Crippen LogP contribution in [0.2, 0.25) is 20.1 Å². The van der Waals surface area contributed by atoms with Gasteiger partial charge in [0.2, 0.25) is 25.2 Å². The minimum atomic E-state index is -1.28. The molecule has 24 nitrogen and oxygen atoms in total. The van der Waals surface area contributed by atoms with Crippen LogP contribution < -0.4 is 0 Å². The number of hydrogen-bond acceptors (Lipinski definition) is 21. The Morgan fingerprint density at radius 1 is 0.385 bits per heavy atom. The van der Waals surface area contributed by atoms with Gasteiger partial charge in [0.1, 0.15) is 69.3 Å². The summed E-state index contributed by atoms with van der Waals surface area (Å²) in [6.07, 6.45) is 4.55. The molecule has 2 aliphatic rings. The fourth-order valence-electron chi connectivity index (χ4n) is 14.0. The molecule has 8 aromatic rings. The smallest absolute Gasteiger partial charge is 0.340 e. The lowest BCUT2D eigenvalue weighted by Crippen LogP contribution is -2.26. The van der Waals surface area contributed by atoms with Crippen LogP contribution in [0.25, 0.3) is 45.3 Å². The van der Waals surface area contributed by atoms with E-state index in [-0.39, 0.29) is 85.4 Å². The molecule has 4 aromatic heterocycles. The molecule has 2 aliphatic carbocycles. The molecule has 10 rings (SSSR count). The number of alkyl halides is 1. The normalized spacial score (nSPS) is 14.6. The predicted octanol–water partition coefficient (Wildman–Crippen LogP) is 24.2. The molecule has 2 saturated carbocycles. The zero-order valence-corrected chi connectivity index (χ0v) is 83.3.